The lowest BCUT2D eigenvalue weighted by molar-refractivity contribution is -0.142. The van der Waals surface area contributed by atoms with Gasteiger partial charge in [-0.3, -0.25) is 10.1 Å². The summed E-state index contributed by atoms with van der Waals surface area (Å²) in [6.45, 7) is 1.50. The number of hydrogen-bond acceptors (Lipinski definition) is 6. The second kappa shape index (κ2) is 8.57. The van der Waals surface area contributed by atoms with E-state index in [4.69, 9.17) is 9.15 Å². The van der Waals surface area contributed by atoms with Crippen LogP contribution in [0.4, 0.5) is 6.01 Å². The highest BCUT2D eigenvalue weighted by molar-refractivity contribution is 5.93. The Hall–Kier alpha value is -3.74. The van der Waals surface area contributed by atoms with Gasteiger partial charge < -0.3 is 9.15 Å². The zero-order valence-corrected chi connectivity index (χ0v) is 14.6. The number of nitrogens with zero attached hydrogens (tertiary/aromatic N) is 2. The summed E-state index contributed by atoms with van der Waals surface area (Å²) in [5.74, 6) is -0.915. The lowest BCUT2D eigenvalue weighted by Crippen LogP contribution is -2.20. The lowest BCUT2D eigenvalue weighted by atomic mass is 10.1. The highest BCUT2D eigenvalue weighted by atomic mass is 16.5. The Morgan fingerprint density at radius 3 is 2.70 bits per heavy atom. The third-order valence-corrected chi connectivity index (χ3v) is 3.49. The molecule has 1 N–H and O–H groups in total. The van der Waals surface area contributed by atoms with Crippen LogP contribution < -0.4 is 5.32 Å². The van der Waals surface area contributed by atoms with Gasteiger partial charge in [0.15, 0.2) is 6.61 Å². The van der Waals surface area contributed by atoms with Crippen LogP contribution in [0.25, 0.3) is 17.5 Å². The largest absolute Gasteiger partial charge is 0.452 e. The summed E-state index contributed by atoms with van der Waals surface area (Å²) in [4.78, 5) is 23.5. The Morgan fingerprint density at radius 2 is 1.93 bits per heavy atom. The van der Waals surface area contributed by atoms with E-state index in [9.17, 15) is 9.59 Å². The number of anilines is 1. The summed E-state index contributed by atoms with van der Waals surface area (Å²) >= 11 is 0. The van der Waals surface area contributed by atoms with Gasteiger partial charge in [-0.25, -0.2) is 4.79 Å². The number of aryl methyl sites for hydroxylation is 1. The molecule has 0 spiro atoms. The van der Waals surface area contributed by atoms with Crippen molar-refractivity contribution in [1.82, 2.24) is 10.2 Å². The molecule has 3 rings (SSSR count). The fourth-order valence-electron chi connectivity index (χ4n) is 2.25. The van der Waals surface area contributed by atoms with E-state index in [1.165, 1.54) is 6.08 Å². The standard InChI is InChI=1S/C20H17N3O4/c1-14-6-5-7-15(12-14)10-11-18(25)26-13-17(24)21-20-23-22-19(27-20)16-8-3-2-4-9-16/h2-12H,13H2,1H3,(H,21,23,24)/b11-10+. The van der Waals surface area contributed by atoms with Crippen molar-refractivity contribution in [2.24, 2.45) is 0 Å². The average Bonchev–Trinajstić information content (AvgIpc) is 3.14. The highest BCUT2D eigenvalue weighted by Gasteiger charge is 2.12. The molecule has 0 bridgehead atoms. The van der Waals surface area contributed by atoms with Gasteiger partial charge in [0, 0.05) is 11.6 Å². The van der Waals surface area contributed by atoms with Crippen molar-refractivity contribution in [3.63, 3.8) is 0 Å². The van der Waals surface area contributed by atoms with Crippen LogP contribution in [0.1, 0.15) is 11.1 Å². The fraction of sp³-hybridized carbons (Fsp3) is 0.100. The Balaban J connectivity index is 1.48. The van der Waals surface area contributed by atoms with Gasteiger partial charge in [0.2, 0.25) is 5.89 Å². The third kappa shape index (κ3) is 5.37. The number of rotatable bonds is 6. The molecule has 1 aromatic heterocycles. The molecule has 0 saturated carbocycles. The van der Waals surface area contributed by atoms with E-state index < -0.39 is 18.5 Å². The third-order valence-electron chi connectivity index (χ3n) is 3.49. The van der Waals surface area contributed by atoms with Crippen LogP contribution >= 0.6 is 0 Å². The van der Waals surface area contributed by atoms with Crippen molar-refractivity contribution in [3.05, 3.63) is 71.8 Å². The molecule has 7 heteroatoms. The number of hydrogen-bond donors (Lipinski definition) is 1. The number of benzene rings is 2. The first-order valence-electron chi connectivity index (χ1n) is 8.20. The van der Waals surface area contributed by atoms with Crippen LogP contribution in [0, 0.1) is 6.92 Å². The van der Waals surface area contributed by atoms with Crippen LogP contribution in [-0.4, -0.2) is 28.7 Å². The molecule has 0 saturated heterocycles. The smallest absolute Gasteiger partial charge is 0.331 e. The van der Waals surface area contributed by atoms with Gasteiger partial charge in [0.05, 0.1) is 0 Å². The average molecular weight is 363 g/mol. The first-order chi connectivity index (χ1) is 13.1. The summed E-state index contributed by atoms with van der Waals surface area (Å²) in [6, 6.07) is 16.7. The summed E-state index contributed by atoms with van der Waals surface area (Å²) in [6.07, 6.45) is 2.89. The van der Waals surface area contributed by atoms with Crippen molar-refractivity contribution in [1.29, 1.82) is 0 Å². The van der Waals surface area contributed by atoms with E-state index in [1.54, 1.807) is 6.08 Å². The van der Waals surface area contributed by atoms with Crippen molar-refractivity contribution >= 4 is 24.0 Å². The molecule has 0 aliphatic heterocycles. The van der Waals surface area contributed by atoms with Crippen LogP contribution in [0.5, 0.6) is 0 Å². The van der Waals surface area contributed by atoms with E-state index in [2.05, 4.69) is 15.5 Å². The molecule has 1 amide bonds. The minimum atomic E-state index is -0.623. The molecule has 0 unspecified atom stereocenters. The minimum Gasteiger partial charge on any atom is -0.452 e. The number of ether oxygens (including phenoxy) is 1. The van der Waals surface area contributed by atoms with E-state index in [0.717, 1.165) is 16.7 Å². The minimum absolute atomic E-state index is 0.0646. The van der Waals surface area contributed by atoms with E-state index in [-0.39, 0.29) is 11.9 Å². The fourth-order valence-corrected chi connectivity index (χ4v) is 2.25. The topological polar surface area (TPSA) is 94.3 Å². The second-order valence-electron chi connectivity index (χ2n) is 5.68. The molecule has 0 aliphatic carbocycles. The molecule has 27 heavy (non-hydrogen) atoms. The summed E-state index contributed by atoms with van der Waals surface area (Å²) in [5.41, 5.74) is 2.69. The zero-order chi connectivity index (χ0) is 19.1. The second-order valence-corrected chi connectivity index (χ2v) is 5.68. The summed E-state index contributed by atoms with van der Waals surface area (Å²) in [5, 5.41) is 9.98. The summed E-state index contributed by atoms with van der Waals surface area (Å²) < 4.78 is 10.2. The summed E-state index contributed by atoms with van der Waals surface area (Å²) in [7, 11) is 0. The van der Waals surface area contributed by atoms with Gasteiger partial charge in [-0.15, -0.1) is 5.10 Å². The predicted octanol–water partition coefficient (Wildman–Crippen LogP) is 3.24. The molecule has 0 radical (unpaired) electrons. The quantitative estimate of drug-likeness (QED) is 0.534. The van der Waals surface area contributed by atoms with Crippen LogP contribution in [-0.2, 0) is 14.3 Å². The Labute approximate surface area is 155 Å². The van der Waals surface area contributed by atoms with Gasteiger partial charge in [-0.1, -0.05) is 53.1 Å². The first-order valence-corrected chi connectivity index (χ1v) is 8.20. The van der Waals surface area contributed by atoms with Gasteiger partial charge in [-0.05, 0) is 30.7 Å². The molecule has 0 fully saturated rings. The normalized spacial score (nSPS) is 10.7. The van der Waals surface area contributed by atoms with Crippen LogP contribution in [0.3, 0.4) is 0 Å². The molecule has 0 aliphatic rings. The number of nitrogens with one attached hydrogen (secondary N) is 1. The Bertz CT molecular complexity index is 964. The molecule has 0 atom stereocenters. The van der Waals surface area contributed by atoms with Gasteiger partial charge >= 0.3 is 12.0 Å². The molecule has 3 aromatic rings. The number of carbonyl (C=O) groups is 2. The van der Waals surface area contributed by atoms with E-state index >= 15 is 0 Å². The number of esters is 1. The Morgan fingerprint density at radius 1 is 1.11 bits per heavy atom. The first kappa shape index (κ1) is 18.1. The maximum atomic E-state index is 11.8. The van der Waals surface area contributed by atoms with Gasteiger partial charge in [-0.2, -0.15) is 0 Å². The maximum absolute atomic E-state index is 11.8. The van der Waals surface area contributed by atoms with Crippen molar-refractivity contribution in [2.45, 2.75) is 6.92 Å². The monoisotopic (exact) mass is 363 g/mol. The van der Waals surface area contributed by atoms with E-state index in [0.29, 0.717) is 0 Å². The SMILES string of the molecule is Cc1cccc(/C=C/C(=O)OCC(=O)Nc2nnc(-c3ccccc3)o2)c1. The number of aromatic nitrogens is 2. The van der Waals surface area contributed by atoms with Gasteiger partial charge in [0.1, 0.15) is 0 Å². The lowest BCUT2D eigenvalue weighted by Gasteiger charge is -2.01. The predicted molar refractivity (Wildman–Crippen MR) is 99.5 cm³/mol. The number of amides is 1. The number of carbonyl (C=O) groups excluding carboxylic acids is 2. The van der Waals surface area contributed by atoms with Crippen molar-refractivity contribution in [2.75, 3.05) is 11.9 Å². The van der Waals surface area contributed by atoms with Crippen molar-refractivity contribution < 1.29 is 18.7 Å². The molecule has 136 valence electrons. The molecular formula is C20H17N3O4. The molecule has 7 nitrogen and oxygen atoms in total. The molecule has 2 aromatic carbocycles. The van der Waals surface area contributed by atoms with Crippen LogP contribution in [0.15, 0.2) is 65.1 Å². The van der Waals surface area contributed by atoms with Gasteiger partial charge in [0.25, 0.3) is 5.91 Å². The highest BCUT2D eigenvalue weighted by Crippen LogP contribution is 2.18. The molecular weight excluding hydrogens is 346 g/mol. The van der Waals surface area contributed by atoms with Crippen LogP contribution in [0.2, 0.25) is 0 Å². The van der Waals surface area contributed by atoms with E-state index in [1.807, 2.05) is 61.5 Å². The maximum Gasteiger partial charge on any atom is 0.331 e. The molecule has 1 heterocycles. The Kier molecular flexibility index (Phi) is 5.73. The zero-order valence-electron chi connectivity index (χ0n) is 14.6. The van der Waals surface area contributed by atoms with Crippen molar-refractivity contribution in [3.8, 4) is 11.5 Å².